The monoisotopic (exact) mass is 345 g/mol. The van der Waals surface area contributed by atoms with Crippen LogP contribution in [0.25, 0.3) is 10.8 Å². The van der Waals surface area contributed by atoms with Gasteiger partial charge in [-0.25, -0.2) is 0 Å². The van der Waals surface area contributed by atoms with Crippen molar-refractivity contribution < 1.29 is 4.79 Å². The van der Waals surface area contributed by atoms with Crippen LogP contribution >= 0.6 is 23.2 Å². The molecule has 0 aliphatic rings. The number of anilines is 1. The second-order valence-electron chi connectivity index (χ2n) is 5.04. The second kappa shape index (κ2) is 6.94. The minimum Gasteiger partial charge on any atom is -0.309 e. The van der Waals surface area contributed by atoms with E-state index >= 15 is 0 Å². The Morgan fingerprint density at radius 1 is 1.09 bits per heavy atom. The van der Waals surface area contributed by atoms with E-state index in [1.54, 1.807) is 12.3 Å². The fraction of sp³-hybridized carbons (Fsp3) is 0.118. The van der Waals surface area contributed by atoms with Gasteiger partial charge in [-0.15, -0.1) is 5.10 Å². The molecule has 23 heavy (non-hydrogen) atoms. The van der Waals surface area contributed by atoms with Gasteiger partial charge in [-0.05, 0) is 18.1 Å². The van der Waals surface area contributed by atoms with E-state index in [-0.39, 0.29) is 12.3 Å². The van der Waals surface area contributed by atoms with Crippen molar-refractivity contribution >= 4 is 45.7 Å². The van der Waals surface area contributed by atoms with Crippen molar-refractivity contribution in [3.05, 3.63) is 64.3 Å². The summed E-state index contributed by atoms with van der Waals surface area (Å²) in [5.41, 5.74) is 0.846. The van der Waals surface area contributed by atoms with Crippen LogP contribution in [-0.4, -0.2) is 16.1 Å². The van der Waals surface area contributed by atoms with Crippen molar-refractivity contribution in [1.82, 2.24) is 10.2 Å². The number of carbonyl (C=O) groups excluding carboxylic acids is 1. The van der Waals surface area contributed by atoms with Crippen molar-refractivity contribution in [3.8, 4) is 0 Å². The van der Waals surface area contributed by atoms with Crippen LogP contribution in [0.3, 0.4) is 0 Å². The third-order valence-corrected chi connectivity index (χ3v) is 4.34. The van der Waals surface area contributed by atoms with Gasteiger partial charge in [-0.1, -0.05) is 59.6 Å². The number of aromatic nitrogens is 2. The quantitative estimate of drug-likeness (QED) is 0.756. The van der Waals surface area contributed by atoms with Gasteiger partial charge in [0.15, 0.2) is 5.82 Å². The minimum atomic E-state index is -0.147. The number of nitrogens with one attached hydrogen (secondary N) is 1. The molecule has 2 aromatic carbocycles. The normalized spacial score (nSPS) is 10.7. The molecule has 1 heterocycles. The number of halogens is 2. The summed E-state index contributed by atoms with van der Waals surface area (Å²) in [5.74, 6) is 0.317. The zero-order valence-corrected chi connectivity index (χ0v) is 13.6. The Morgan fingerprint density at radius 2 is 1.91 bits per heavy atom. The molecule has 3 aromatic rings. The summed E-state index contributed by atoms with van der Waals surface area (Å²) in [6.45, 7) is 0. The third-order valence-electron chi connectivity index (χ3n) is 3.48. The van der Waals surface area contributed by atoms with Gasteiger partial charge < -0.3 is 5.32 Å². The number of fused-ring (bicyclic) bond motifs is 1. The Hall–Kier alpha value is -2.17. The molecule has 116 valence electrons. The van der Waals surface area contributed by atoms with E-state index in [4.69, 9.17) is 23.2 Å². The summed E-state index contributed by atoms with van der Waals surface area (Å²) in [5, 5.41) is 13.5. The summed E-state index contributed by atoms with van der Waals surface area (Å²) < 4.78 is 0. The van der Waals surface area contributed by atoms with Crippen LogP contribution in [-0.2, 0) is 11.2 Å². The van der Waals surface area contributed by atoms with Gasteiger partial charge in [0.05, 0.1) is 16.2 Å². The molecule has 0 aliphatic carbocycles. The molecular weight excluding hydrogens is 333 g/mol. The van der Waals surface area contributed by atoms with Gasteiger partial charge in [-0.3, -0.25) is 4.79 Å². The minimum absolute atomic E-state index is 0.147. The number of nitrogens with zero attached hydrogens (tertiary/aromatic N) is 2. The second-order valence-corrected chi connectivity index (χ2v) is 5.83. The van der Waals surface area contributed by atoms with Crippen LogP contribution in [0.1, 0.15) is 12.0 Å². The molecule has 1 aromatic heterocycles. The fourth-order valence-corrected chi connectivity index (χ4v) is 2.72. The van der Waals surface area contributed by atoms with E-state index in [0.717, 1.165) is 16.3 Å². The maximum Gasteiger partial charge on any atom is 0.225 e. The Kier molecular flexibility index (Phi) is 4.74. The van der Waals surface area contributed by atoms with Gasteiger partial charge >= 0.3 is 0 Å². The first-order valence-electron chi connectivity index (χ1n) is 7.08. The molecule has 0 bridgehead atoms. The van der Waals surface area contributed by atoms with Crippen molar-refractivity contribution in [1.29, 1.82) is 0 Å². The van der Waals surface area contributed by atoms with Crippen LogP contribution in [0.4, 0.5) is 5.82 Å². The molecule has 0 saturated carbocycles. The molecule has 0 radical (unpaired) electrons. The summed E-state index contributed by atoms with van der Waals surface area (Å²) in [6.07, 6.45) is 2.45. The highest BCUT2D eigenvalue weighted by molar-refractivity contribution is 6.42. The first-order chi connectivity index (χ1) is 11.1. The number of benzene rings is 2. The molecule has 0 atom stereocenters. The summed E-state index contributed by atoms with van der Waals surface area (Å²) >= 11 is 12.1. The molecule has 0 aliphatic heterocycles. The van der Waals surface area contributed by atoms with Crippen LogP contribution < -0.4 is 5.32 Å². The first kappa shape index (κ1) is 15.7. The molecule has 0 unspecified atom stereocenters. The van der Waals surface area contributed by atoms with Crippen molar-refractivity contribution in [2.24, 2.45) is 0 Å². The van der Waals surface area contributed by atoms with E-state index in [2.05, 4.69) is 15.5 Å². The Labute approximate surface area is 143 Å². The van der Waals surface area contributed by atoms with E-state index in [0.29, 0.717) is 22.3 Å². The average molecular weight is 346 g/mol. The van der Waals surface area contributed by atoms with E-state index in [1.165, 1.54) is 0 Å². The Balaban J connectivity index is 1.71. The first-order valence-corrected chi connectivity index (χ1v) is 7.84. The number of hydrogen-bond acceptors (Lipinski definition) is 3. The lowest BCUT2D eigenvalue weighted by atomic mass is 10.1. The highest BCUT2D eigenvalue weighted by Gasteiger charge is 2.10. The third kappa shape index (κ3) is 3.60. The van der Waals surface area contributed by atoms with Crippen molar-refractivity contribution in [3.63, 3.8) is 0 Å². The lowest BCUT2D eigenvalue weighted by molar-refractivity contribution is -0.116. The number of aryl methyl sites for hydroxylation is 1. The number of amides is 1. The standard InChI is InChI=1S/C17H13Cl2N3O/c18-14-7-3-5-11(16(14)19)8-9-15(23)21-17-13-6-2-1-4-12(13)10-20-22-17/h1-7,10H,8-9H2,(H,21,22,23). The molecule has 4 nitrogen and oxygen atoms in total. The predicted molar refractivity (Wildman–Crippen MR) is 93.0 cm³/mol. The topological polar surface area (TPSA) is 54.9 Å². The lowest BCUT2D eigenvalue weighted by Crippen LogP contribution is -2.14. The van der Waals surface area contributed by atoms with Crippen molar-refractivity contribution in [2.45, 2.75) is 12.8 Å². The van der Waals surface area contributed by atoms with Gasteiger partial charge in [0, 0.05) is 17.2 Å². The average Bonchev–Trinajstić information content (AvgIpc) is 2.56. The molecule has 1 amide bonds. The molecule has 6 heteroatoms. The summed E-state index contributed by atoms with van der Waals surface area (Å²) in [4.78, 5) is 12.2. The highest BCUT2D eigenvalue weighted by Crippen LogP contribution is 2.26. The van der Waals surface area contributed by atoms with Crippen molar-refractivity contribution in [2.75, 3.05) is 5.32 Å². The predicted octanol–water partition coefficient (Wildman–Crippen LogP) is 4.51. The lowest BCUT2D eigenvalue weighted by Gasteiger charge is -2.08. The van der Waals surface area contributed by atoms with Crippen LogP contribution in [0.15, 0.2) is 48.7 Å². The van der Waals surface area contributed by atoms with Gasteiger partial charge in [-0.2, -0.15) is 5.10 Å². The summed E-state index contributed by atoms with van der Waals surface area (Å²) in [6, 6.07) is 13.0. The molecule has 0 fully saturated rings. The van der Waals surface area contributed by atoms with E-state index in [9.17, 15) is 4.79 Å². The van der Waals surface area contributed by atoms with Crippen LogP contribution in [0.2, 0.25) is 10.0 Å². The number of carbonyl (C=O) groups is 1. The molecular formula is C17H13Cl2N3O. The zero-order valence-electron chi connectivity index (χ0n) is 12.1. The zero-order chi connectivity index (χ0) is 16.2. The van der Waals surface area contributed by atoms with Gasteiger partial charge in [0.25, 0.3) is 0 Å². The maximum atomic E-state index is 12.2. The molecule has 0 spiro atoms. The van der Waals surface area contributed by atoms with Crippen LogP contribution in [0.5, 0.6) is 0 Å². The number of hydrogen-bond donors (Lipinski definition) is 1. The SMILES string of the molecule is O=C(CCc1cccc(Cl)c1Cl)Nc1nncc2ccccc12. The van der Waals surface area contributed by atoms with Gasteiger partial charge in [0.1, 0.15) is 0 Å². The highest BCUT2D eigenvalue weighted by atomic mass is 35.5. The summed E-state index contributed by atoms with van der Waals surface area (Å²) in [7, 11) is 0. The molecule has 0 saturated heterocycles. The molecule has 1 N–H and O–H groups in total. The maximum absolute atomic E-state index is 12.2. The van der Waals surface area contributed by atoms with Crippen LogP contribution in [0, 0.1) is 0 Å². The largest absolute Gasteiger partial charge is 0.309 e. The number of rotatable bonds is 4. The Bertz CT molecular complexity index is 862. The Morgan fingerprint density at radius 3 is 2.78 bits per heavy atom. The van der Waals surface area contributed by atoms with Gasteiger partial charge in [0.2, 0.25) is 5.91 Å². The smallest absolute Gasteiger partial charge is 0.225 e. The van der Waals surface area contributed by atoms with E-state index in [1.807, 2.05) is 36.4 Å². The molecule has 3 rings (SSSR count). The van der Waals surface area contributed by atoms with E-state index < -0.39 is 0 Å². The fourth-order valence-electron chi connectivity index (χ4n) is 2.30.